The Bertz CT molecular complexity index is 181. The third kappa shape index (κ3) is 2.51. The van der Waals surface area contributed by atoms with Gasteiger partial charge in [0.2, 0.25) is 0 Å². The van der Waals surface area contributed by atoms with E-state index in [1.165, 1.54) is 0 Å². The fourth-order valence-electron chi connectivity index (χ4n) is 1.72. The van der Waals surface area contributed by atoms with Crippen molar-refractivity contribution in [2.24, 2.45) is 0 Å². The smallest absolute Gasteiger partial charge is 0.139 e. The predicted octanol–water partition coefficient (Wildman–Crippen LogP) is 1.07. The van der Waals surface area contributed by atoms with Crippen molar-refractivity contribution in [3.8, 4) is 0 Å². The lowest BCUT2D eigenvalue weighted by molar-refractivity contribution is -0.128. The lowest BCUT2D eigenvalue weighted by Gasteiger charge is -2.42. The molecule has 0 amide bonds. The van der Waals surface area contributed by atoms with Gasteiger partial charge in [0.15, 0.2) is 0 Å². The second-order valence-corrected chi connectivity index (χ2v) is 4.43. The van der Waals surface area contributed by atoms with Crippen LogP contribution in [0, 0.1) is 0 Å². The highest BCUT2D eigenvalue weighted by Crippen LogP contribution is 2.19. The number of ether oxygens (including phenoxy) is 1. The highest BCUT2D eigenvalue weighted by molar-refractivity contribution is 5.62. The van der Waals surface area contributed by atoms with Crippen molar-refractivity contribution in [1.29, 1.82) is 0 Å². The topological polar surface area (TPSA) is 29.5 Å². The number of carbonyl (C=O) groups is 1. The standard InChI is InChI=1S/C10H19NO2/c1-8-5-11(6-9(2)13-8)10(3,4)7-12/h7-9H,5-6H2,1-4H3/t8-,9-/m1/s1. The molecule has 0 unspecified atom stereocenters. The van der Waals surface area contributed by atoms with Gasteiger partial charge in [-0.05, 0) is 27.7 Å². The van der Waals surface area contributed by atoms with E-state index in [1.54, 1.807) is 0 Å². The quantitative estimate of drug-likeness (QED) is 0.603. The van der Waals surface area contributed by atoms with Gasteiger partial charge in [0, 0.05) is 13.1 Å². The molecule has 0 aromatic carbocycles. The molecule has 0 radical (unpaired) electrons. The summed E-state index contributed by atoms with van der Waals surface area (Å²) in [6, 6.07) is 0. The Kier molecular flexibility index (Phi) is 3.09. The molecule has 2 atom stereocenters. The van der Waals surface area contributed by atoms with Crippen LogP contribution >= 0.6 is 0 Å². The van der Waals surface area contributed by atoms with Crippen LogP contribution in [-0.4, -0.2) is 42.0 Å². The van der Waals surface area contributed by atoms with Crippen molar-refractivity contribution in [3.63, 3.8) is 0 Å². The summed E-state index contributed by atoms with van der Waals surface area (Å²) >= 11 is 0. The zero-order chi connectivity index (χ0) is 10.1. The van der Waals surface area contributed by atoms with Crippen LogP contribution in [-0.2, 0) is 9.53 Å². The van der Waals surface area contributed by atoms with E-state index in [-0.39, 0.29) is 17.7 Å². The second kappa shape index (κ2) is 3.76. The van der Waals surface area contributed by atoms with Crippen molar-refractivity contribution in [2.75, 3.05) is 13.1 Å². The minimum absolute atomic E-state index is 0.225. The Labute approximate surface area is 80.1 Å². The summed E-state index contributed by atoms with van der Waals surface area (Å²) < 4.78 is 5.60. The Hall–Kier alpha value is -0.410. The van der Waals surface area contributed by atoms with Crippen LogP contribution in [0.1, 0.15) is 27.7 Å². The Morgan fingerprint density at radius 1 is 1.31 bits per heavy atom. The number of aldehydes is 1. The third-order valence-corrected chi connectivity index (χ3v) is 2.52. The van der Waals surface area contributed by atoms with Gasteiger partial charge in [-0.1, -0.05) is 0 Å². The molecule has 1 saturated heterocycles. The number of carbonyl (C=O) groups excluding carboxylic acids is 1. The van der Waals surface area contributed by atoms with Crippen LogP contribution in [0.2, 0.25) is 0 Å². The Morgan fingerprint density at radius 3 is 2.15 bits per heavy atom. The van der Waals surface area contributed by atoms with Crippen LogP contribution < -0.4 is 0 Å². The predicted molar refractivity (Wildman–Crippen MR) is 51.7 cm³/mol. The molecule has 1 fully saturated rings. The van der Waals surface area contributed by atoms with E-state index in [1.807, 2.05) is 27.7 Å². The van der Waals surface area contributed by atoms with Crippen LogP contribution in [0.15, 0.2) is 0 Å². The summed E-state index contributed by atoms with van der Waals surface area (Å²) in [4.78, 5) is 13.0. The zero-order valence-electron chi connectivity index (χ0n) is 8.91. The average molecular weight is 185 g/mol. The van der Waals surface area contributed by atoms with E-state index < -0.39 is 0 Å². The number of rotatable bonds is 2. The molecule has 1 rings (SSSR count). The van der Waals surface area contributed by atoms with Crippen molar-refractivity contribution >= 4 is 6.29 Å². The first kappa shape index (κ1) is 10.7. The first-order valence-electron chi connectivity index (χ1n) is 4.82. The van der Waals surface area contributed by atoms with Gasteiger partial charge in [0.05, 0.1) is 17.7 Å². The van der Waals surface area contributed by atoms with Crippen molar-refractivity contribution in [3.05, 3.63) is 0 Å². The van der Waals surface area contributed by atoms with Crippen LogP contribution in [0.25, 0.3) is 0 Å². The molecular weight excluding hydrogens is 166 g/mol. The molecule has 1 aliphatic rings. The molecule has 0 aromatic heterocycles. The monoisotopic (exact) mass is 185 g/mol. The maximum Gasteiger partial charge on any atom is 0.139 e. The van der Waals surface area contributed by atoms with Crippen molar-refractivity contribution in [1.82, 2.24) is 4.90 Å². The van der Waals surface area contributed by atoms with Crippen LogP contribution in [0.5, 0.6) is 0 Å². The third-order valence-electron chi connectivity index (χ3n) is 2.52. The summed E-state index contributed by atoms with van der Waals surface area (Å²) in [6.45, 7) is 9.68. The second-order valence-electron chi connectivity index (χ2n) is 4.43. The normalized spacial score (nSPS) is 31.7. The molecule has 76 valence electrons. The van der Waals surface area contributed by atoms with Gasteiger partial charge in [0.25, 0.3) is 0 Å². The number of morpholine rings is 1. The SMILES string of the molecule is C[C@@H]1CN(C(C)(C)C=O)C[C@@H](C)O1. The van der Waals surface area contributed by atoms with Crippen molar-refractivity contribution < 1.29 is 9.53 Å². The first-order valence-corrected chi connectivity index (χ1v) is 4.82. The molecule has 0 aromatic rings. The maximum absolute atomic E-state index is 10.9. The summed E-state index contributed by atoms with van der Waals surface area (Å²) in [5, 5.41) is 0. The molecule has 3 heteroatoms. The van der Waals surface area contributed by atoms with E-state index >= 15 is 0 Å². The van der Waals surface area contributed by atoms with Crippen LogP contribution in [0.3, 0.4) is 0 Å². The summed E-state index contributed by atoms with van der Waals surface area (Å²) in [6.07, 6.45) is 1.46. The maximum atomic E-state index is 10.9. The van der Waals surface area contributed by atoms with E-state index in [0.717, 1.165) is 19.4 Å². The fraction of sp³-hybridized carbons (Fsp3) is 0.900. The first-order chi connectivity index (χ1) is 5.95. The van der Waals surface area contributed by atoms with E-state index in [4.69, 9.17) is 4.74 Å². The zero-order valence-corrected chi connectivity index (χ0v) is 8.91. The van der Waals surface area contributed by atoms with E-state index in [0.29, 0.717) is 0 Å². The molecule has 13 heavy (non-hydrogen) atoms. The molecule has 0 spiro atoms. The molecule has 0 N–H and O–H groups in total. The lowest BCUT2D eigenvalue weighted by atomic mass is 10.0. The lowest BCUT2D eigenvalue weighted by Crippen LogP contribution is -2.55. The molecule has 3 nitrogen and oxygen atoms in total. The van der Waals surface area contributed by atoms with Gasteiger partial charge in [-0.3, -0.25) is 4.90 Å². The van der Waals surface area contributed by atoms with E-state index in [9.17, 15) is 4.79 Å². The largest absolute Gasteiger partial charge is 0.373 e. The molecule has 0 bridgehead atoms. The van der Waals surface area contributed by atoms with Crippen molar-refractivity contribution in [2.45, 2.75) is 45.4 Å². The van der Waals surface area contributed by atoms with Gasteiger partial charge in [-0.2, -0.15) is 0 Å². The number of nitrogens with zero attached hydrogens (tertiary/aromatic N) is 1. The van der Waals surface area contributed by atoms with Gasteiger partial charge < -0.3 is 9.53 Å². The van der Waals surface area contributed by atoms with Crippen LogP contribution in [0.4, 0.5) is 0 Å². The minimum Gasteiger partial charge on any atom is -0.373 e. The van der Waals surface area contributed by atoms with E-state index in [2.05, 4.69) is 4.90 Å². The highest BCUT2D eigenvalue weighted by Gasteiger charge is 2.32. The molecule has 0 aliphatic carbocycles. The highest BCUT2D eigenvalue weighted by atomic mass is 16.5. The van der Waals surface area contributed by atoms with Gasteiger partial charge in [-0.25, -0.2) is 0 Å². The molecule has 1 aliphatic heterocycles. The number of hydrogen-bond donors (Lipinski definition) is 0. The van der Waals surface area contributed by atoms with Gasteiger partial charge in [-0.15, -0.1) is 0 Å². The summed E-state index contributed by atoms with van der Waals surface area (Å²) in [7, 11) is 0. The van der Waals surface area contributed by atoms with Gasteiger partial charge >= 0.3 is 0 Å². The fourth-order valence-corrected chi connectivity index (χ4v) is 1.72. The molecular formula is C10H19NO2. The average Bonchev–Trinajstić information content (AvgIpc) is 2.02. The molecule has 1 heterocycles. The minimum atomic E-state index is -0.355. The Balaban J connectivity index is 2.64. The summed E-state index contributed by atoms with van der Waals surface area (Å²) in [5.41, 5.74) is -0.355. The van der Waals surface area contributed by atoms with Gasteiger partial charge in [0.1, 0.15) is 6.29 Å². The number of hydrogen-bond acceptors (Lipinski definition) is 3. The Morgan fingerprint density at radius 2 is 1.77 bits per heavy atom. The molecule has 0 saturated carbocycles. The summed E-state index contributed by atoms with van der Waals surface area (Å²) in [5.74, 6) is 0.